The Hall–Kier alpha value is -3.24. The third-order valence-corrected chi connectivity index (χ3v) is 3.73. The van der Waals surface area contributed by atoms with Crippen LogP contribution in [0.4, 0.5) is 17.6 Å². The molecule has 1 aromatic heterocycles. The predicted octanol–water partition coefficient (Wildman–Crippen LogP) is -0.544. The Bertz CT molecular complexity index is 743. The van der Waals surface area contributed by atoms with Crippen LogP contribution in [-0.4, -0.2) is 64.1 Å². The summed E-state index contributed by atoms with van der Waals surface area (Å²) in [6.45, 7) is 2.99. The molecule has 0 aliphatic carbocycles. The largest absolute Gasteiger partial charge is 0.474 e. The van der Waals surface area contributed by atoms with Gasteiger partial charge >= 0.3 is 23.8 Å². The average Bonchev–Trinajstić information content (AvgIpc) is 3.09. The van der Waals surface area contributed by atoms with Crippen molar-refractivity contribution < 1.29 is 29.4 Å². The standard InChI is InChI=1S/C14H17N5O6/c1-7-8(15-10(20)12(22)23)16-14(18(2)11(21)13(24)25)17-9(7)19-5-3-4-6-19/h3-6H2,1-2H3,(H,22,23)(H,24,25)(H,15,16,17,20). The van der Waals surface area contributed by atoms with E-state index in [2.05, 4.69) is 15.3 Å². The first kappa shape index (κ1) is 18.1. The van der Waals surface area contributed by atoms with Gasteiger partial charge < -0.3 is 20.4 Å². The number of carboxylic acid groups (broad SMARTS) is 2. The number of aliphatic carboxylic acids is 2. The van der Waals surface area contributed by atoms with Gasteiger partial charge in [0.15, 0.2) is 0 Å². The monoisotopic (exact) mass is 351 g/mol. The van der Waals surface area contributed by atoms with Gasteiger partial charge in [0, 0.05) is 25.7 Å². The van der Waals surface area contributed by atoms with Gasteiger partial charge in [-0.3, -0.25) is 14.5 Å². The molecule has 11 heteroatoms. The summed E-state index contributed by atoms with van der Waals surface area (Å²) < 4.78 is 0. The summed E-state index contributed by atoms with van der Waals surface area (Å²) >= 11 is 0. The van der Waals surface area contributed by atoms with Crippen LogP contribution in [0, 0.1) is 6.92 Å². The zero-order valence-electron chi connectivity index (χ0n) is 13.6. The molecule has 1 aromatic rings. The molecule has 25 heavy (non-hydrogen) atoms. The normalized spacial score (nSPS) is 13.4. The van der Waals surface area contributed by atoms with Crippen LogP contribution in [0.3, 0.4) is 0 Å². The minimum Gasteiger partial charge on any atom is -0.474 e. The van der Waals surface area contributed by atoms with E-state index in [1.165, 1.54) is 7.05 Å². The van der Waals surface area contributed by atoms with Crippen LogP contribution in [0.25, 0.3) is 0 Å². The molecule has 3 N–H and O–H groups in total. The molecule has 1 aliphatic heterocycles. The molecule has 0 spiro atoms. The highest BCUT2D eigenvalue weighted by Crippen LogP contribution is 2.28. The molecule has 2 amide bonds. The number of aromatic nitrogens is 2. The van der Waals surface area contributed by atoms with Crippen LogP contribution in [0.2, 0.25) is 0 Å². The average molecular weight is 351 g/mol. The molecule has 1 fully saturated rings. The highest BCUT2D eigenvalue weighted by atomic mass is 16.4. The van der Waals surface area contributed by atoms with E-state index in [9.17, 15) is 19.2 Å². The van der Waals surface area contributed by atoms with Crippen LogP contribution in [-0.2, 0) is 19.2 Å². The number of likely N-dealkylation sites (N-methyl/N-ethyl adjacent to an activating group) is 1. The minimum atomic E-state index is -1.70. The lowest BCUT2D eigenvalue weighted by molar-refractivity contribution is -0.148. The Labute approximate surface area is 142 Å². The van der Waals surface area contributed by atoms with E-state index < -0.39 is 23.8 Å². The number of carbonyl (C=O) groups excluding carboxylic acids is 2. The molecular weight excluding hydrogens is 334 g/mol. The van der Waals surface area contributed by atoms with Crippen LogP contribution < -0.4 is 15.1 Å². The SMILES string of the molecule is Cc1c(NC(=O)C(=O)O)nc(N(C)C(=O)C(=O)O)nc1N1CCCC1. The summed E-state index contributed by atoms with van der Waals surface area (Å²) in [4.78, 5) is 55.5. The molecule has 0 aromatic carbocycles. The molecule has 0 radical (unpaired) electrons. The van der Waals surface area contributed by atoms with Crippen LogP contribution >= 0.6 is 0 Å². The highest BCUT2D eigenvalue weighted by molar-refractivity contribution is 6.37. The quantitative estimate of drug-likeness (QED) is 0.609. The molecule has 11 nitrogen and oxygen atoms in total. The fraction of sp³-hybridized carbons (Fsp3) is 0.429. The van der Waals surface area contributed by atoms with Crippen molar-refractivity contribution in [1.82, 2.24) is 9.97 Å². The molecule has 0 bridgehead atoms. The van der Waals surface area contributed by atoms with E-state index in [-0.39, 0.29) is 11.8 Å². The molecule has 1 aliphatic rings. The minimum absolute atomic E-state index is 0.0932. The number of carbonyl (C=O) groups is 4. The van der Waals surface area contributed by atoms with Crippen LogP contribution in [0.15, 0.2) is 0 Å². The highest BCUT2D eigenvalue weighted by Gasteiger charge is 2.26. The fourth-order valence-corrected chi connectivity index (χ4v) is 2.40. The lowest BCUT2D eigenvalue weighted by Crippen LogP contribution is -2.35. The first-order valence-corrected chi connectivity index (χ1v) is 7.41. The second-order valence-electron chi connectivity index (χ2n) is 5.44. The fourth-order valence-electron chi connectivity index (χ4n) is 2.40. The molecule has 1 saturated heterocycles. The van der Waals surface area contributed by atoms with E-state index in [1.807, 2.05) is 4.90 Å². The van der Waals surface area contributed by atoms with Crippen LogP contribution in [0.1, 0.15) is 18.4 Å². The number of amides is 2. The van der Waals surface area contributed by atoms with E-state index in [0.717, 1.165) is 17.7 Å². The second kappa shape index (κ2) is 7.11. The van der Waals surface area contributed by atoms with Crippen molar-refractivity contribution in [1.29, 1.82) is 0 Å². The number of rotatable bonds is 3. The number of hydrogen-bond acceptors (Lipinski definition) is 7. The summed E-state index contributed by atoms with van der Waals surface area (Å²) in [5, 5.41) is 19.7. The zero-order chi connectivity index (χ0) is 18.7. The lowest BCUT2D eigenvalue weighted by Gasteiger charge is -2.23. The van der Waals surface area contributed by atoms with Gasteiger partial charge in [-0.1, -0.05) is 0 Å². The Kier molecular flexibility index (Phi) is 5.15. The van der Waals surface area contributed by atoms with Gasteiger partial charge in [-0.15, -0.1) is 0 Å². The maximum absolute atomic E-state index is 11.7. The number of nitrogens with one attached hydrogen (secondary N) is 1. The predicted molar refractivity (Wildman–Crippen MR) is 85.5 cm³/mol. The number of anilines is 3. The lowest BCUT2D eigenvalue weighted by atomic mass is 10.3. The Balaban J connectivity index is 2.50. The number of carboxylic acids is 2. The summed E-state index contributed by atoms with van der Waals surface area (Å²) in [6, 6.07) is 0. The van der Waals surface area contributed by atoms with Gasteiger partial charge in [0.25, 0.3) is 0 Å². The van der Waals surface area contributed by atoms with Gasteiger partial charge in [0.1, 0.15) is 11.6 Å². The first-order valence-electron chi connectivity index (χ1n) is 7.41. The maximum atomic E-state index is 11.7. The molecule has 0 unspecified atom stereocenters. The van der Waals surface area contributed by atoms with E-state index in [4.69, 9.17) is 10.2 Å². The summed E-state index contributed by atoms with van der Waals surface area (Å²) in [7, 11) is 1.18. The van der Waals surface area contributed by atoms with Gasteiger partial charge in [0.05, 0.1) is 0 Å². The smallest absolute Gasteiger partial charge is 0.395 e. The van der Waals surface area contributed by atoms with Crippen molar-refractivity contribution in [2.75, 3.05) is 35.3 Å². The molecule has 0 atom stereocenters. The third kappa shape index (κ3) is 3.82. The zero-order valence-corrected chi connectivity index (χ0v) is 13.6. The Morgan fingerprint density at radius 1 is 1.08 bits per heavy atom. The van der Waals surface area contributed by atoms with Crippen molar-refractivity contribution in [3.05, 3.63) is 5.56 Å². The summed E-state index contributed by atoms with van der Waals surface area (Å²) in [6.07, 6.45) is 1.86. The molecule has 2 heterocycles. The van der Waals surface area contributed by atoms with Crippen molar-refractivity contribution in [2.45, 2.75) is 19.8 Å². The number of hydrogen-bond donors (Lipinski definition) is 3. The third-order valence-electron chi connectivity index (χ3n) is 3.73. The van der Waals surface area contributed by atoms with E-state index in [0.29, 0.717) is 24.5 Å². The summed E-state index contributed by atoms with van der Waals surface area (Å²) in [5.41, 5.74) is 0.427. The van der Waals surface area contributed by atoms with Gasteiger partial charge in [-0.05, 0) is 19.8 Å². The van der Waals surface area contributed by atoms with Crippen molar-refractivity contribution in [2.24, 2.45) is 0 Å². The van der Waals surface area contributed by atoms with E-state index >= 15 is 0 Å². The van der Waals surface area contributed by atoms with Crippen LogP contribution in [0.5, 0.6) is 0 Å². The maximum Gasteiger partial charge on any atom is 0.395 e. The van der Waals surface area contributed by atoms with Gasteiger partial charge in [0.2, 0.25) is 5.95 Å². The topological polar surface area (TPSA) is 153 Å². The summed E-state index contributed by atoms with van der Waals surface area (Å²) in [5.74, 6) is -5.88. The van der Waals surface area contributed by atoms with Crippen molar-refractivity contribution in [3.63, 3.8) is 0 Å². The second-order valence-corrected chi connectivity index (χ2v) is 5.44. The Morgan fingerprint density at radius 2 is 1.68 bits per heavy atom. The first-order chi connectivity index (χ1) is 11.7. The molecule has 0 saturated carbocycles. The molecule has 134 valence electrons. The Morgan fingerprint density at radius 3 is 2.20 bits per heavy atom. The van der Waals surface area contributed by atoms with Gasteiger partial charge in [-0.2, -0.15) is 9.97 Å². The van der Waals surface area contributed by atoms with Crippen molar-refractivity contribution >= 4 is 41.3 Å². The molecular formula is C14H17N5O6. The van der Waals surface area contributed by atoms with Crippen molar-refractivity contribution in [3.8, 4) is 0 Å². The van der Waals surface area contributed by atoms with Gasteiger partial charge in [-0.25, -0.2) is 9.59 Å². The van der Waals surface area contributed by atoms with E-state index in [1.54, 1.807) is 6.92 Å². The molecule has 2 rings (SSSR count). The number of nitrogens with zero attached hydrogens (tertiary/aromatic N) is 4.